The quantitative estimate of drug-likeness (QED) is 0.492. The Bertz CT molecular complexity index is 1470. The Morgan fingerprint density at radius 1 is 0.977 bits per heavy atom. The van der Waals surface area contributed by atoms with E-state index in [1.165, 1.54) is 11.3 Å². The van der Waals surface area contributed by atoms with Crippen molar-refractivity contribution < 1.29 is 23.9 Å². The fourth-order valence-corrected chi connectivity index (χ4v) is 8.28. The number of nitrogens with one attached hydrogen (secondary N) is 1. The Hall–Kier alpha value is -3.25. The minimum Gasteiger partial charge on any atom is -0.444 e. The molecule has 4 fully saturated rings. The number of anilines is 1. The topological polar surface area (TPSA) is 115 Å². The molecule has 1 N–H and O–H groups in total. The standard InChI is InChI=1S/C32H44N6O5S/c1-20-18-23-24(26(44-25(23)33-21(20)2)34-30(42)43-31(3,4)5)27(39)35-16-10-22(11-17-35)36-13-9-12-32(19-36)28(40)37-14-7-6-8-15-38(37)29(32)41/h18,22H,6-17,19H2,1-5H3,(H,34,42). The van der Waals surface area contributed by atoms with Crippen LogP contribution < -0.4 is 5.32 Å². The smallest absolute Gasteiger partial charge is 0.412 e. The second kappa shape index (κ2) is 11.6. The predicted molar refractivity (Wildman–Crippen MR) is 168 cm³/mol. The van der Waals surface area contributed by atoms with Gasteiger partial charge in [-0.05, 0) is 97.7 Å². The van der Waals surface area contributed by atoms with E-state index in [4.69, 9.17) is 9.72 Å². The maximum atomic E-state index is 14.1. The number of nitrogens with zero attached hydrogens (tertiary/aromatic N) is 5. The molecule has 4 saturated heterocycles. The molecule has 12 heteroatoms. The molecule has 0 aromatic carbocycles. The summed E-state index contributed by atoms with van der Waals surface area (Å²) in [6, 6.07) is 2.17. The number of hydrogen-bond acceptors (Lipinski definition) is 8. The number of hydrazine groups is 1. The lowest BCUT2D eigenvalue weighted by Crippen LogP contribution is -2.56. The Labute approximate surface area is 262 Å². The summed E-state index contributed by atoms with van der Waals surface area (Å²) in [6.07, 6.45) is 5.23. The summed E-state index contributed by atoms with van der Waals surface area (Å²) in [7, 11) is 0. The molecule has 0 unspecified atom stereocenters. The number of piperidine rings is 2. The summed E-state index contributed by atoms with van der Waals surface area (Å²) in [5.74, 6) is -0.173. The highest BCUT2D eigenvalue weighted by molar-refractivity contribution is 7.23. The van der Waals surface area contributed by atoms with Gasteiger partial charge in [-0.1, -0.05) is 11.3 Å². The second-order valence-corrected chi connectivity index (χ2v) is 14.8. The monoisotopic (exact) mass is 624 g/mol. The number of ether oxygens (including phenoxy) is 1. The molecular weight excluding hydrogens is 580 g/mol. The third-order valence-electron chi connectivity index (χ3n) is 9.56. The lowest BCUT2D eigenvalue weighted by molar-refractivity contribution is -0.145. The van der Waals surface area contributed by atoms with E-state index in [0.717, 1.165) is 61.7 Å². The Kier molecular flexibility index (Phi) is 8.11. The van der Waals surface area contributed by atoms with Crippen molar-refractivity contribution in [3.63, 3.8) is 0 Å². The SMILES string of the molecule is Cc1cc2c(C(=O)N3CCC(N4CCCC5(C4)C(=O)N4CCCCCN4C5=O)CC3)c(NC(=O)OC(C)(C)C)sc2nc1C. The molecule has 2 aromatic heterocycles. The van der Waals surface area contributed by atoms with Gasteiger partial charge in [0.05, 0.1) is 5.56 Å². The second-order valence-electron chi connectivity index (χ2n) is 13.8. The Morgan fingerprint density at radius 3 is 2.27 bits per heavy atom. The van der Waals surface area contributed by atoms with Gasteiger partial charge in [0.2, 0.25) is 0 Å². The average molecular weight is 625 g/mol. The summed E-state index contributed by atoms with van der Waals surface area (Å²) in [6.45, 7) is 13.0. The summed E-state index contributed by atoms with van der Waals surface area (Å²) in [4.78, 5) is 63.7. The molecule has 0 atom stereocenters. The van der Waals surface area contributed by atoms with Gasteiger partial charge in [0.1, 0.15) is 20.8 Å². The van der Waals surface area contributed by atoms with Crippen molar-refractivity contribution in [1.29, 1.82) is 0 Å². The highest BCUT2D eigenvalue weighted by Crippen LogP contribution is 2.42. The maximum Gasteiger partial charge on any atom is 0.412 e. The third kappa shape index (κ3) is 5.55. The van der Waals surface area contributed by atoms with Crippen LogP contribution in [0.1, 0.15) is 87.3 Å². The molecule has 4 amide bonds. The van der Waals surface area contributed by atoms with Gasteiger partial charge >= 0.3 is 6.09 Å². The summed E-state index contributed by atoms with van der Waals surface area (Å²) >= 11 is 1.29. The van der Waals surface area contributed by atoms with Crippen molar-refractivity contribution in [2.24, 2.45) is 5.41 Å². The molecule has 0 saturated carbocycles. The first-order valence-corrected chi connectivity index (χ1v) is 16.8. The van der Waals surface area contributed by atoms with Crippen LogP contribution in [-0.4, -0.2) is 99.5 Å². The van der Waals surface area contributed by atoms with Crippen LogP contribution in [0, 0.1) is 19.3 Å². The molecular formula is C32H44N6O5S. The zero-order valence-corrected chi connectivity index (χ0v) is 27.3. The number of aromatic nitrogens is 1. The average Bonchev–Trinajstić information content (AvgIpc) is 3.24. The number of hydrogen-bond donors (Lipinski definition) is 1. The molecule has 6 heterocycles. The molecule has 44 heavy (non-hydrogen) atoms. The van der Waals surface area contributed by atoms with Crippen molar-refractivity contribution >= 4 is 50.4 Å². The number of pyridine rings is 1. The normalized spacial score (nSPS) is 21.6. The van der Waals surface area contributed by atoms with Gasteiger partial charge in [-0.2, -0.15) is 0 Å². The van der Waals surface area contributed by atoms with Crippen LogP contribution in [0.25, 0.3) is 10.2 Å². The zero-order chi connectivity index (χ0) is 31.4. The minimum atomic E-state index is -0.969. The number of likely N-dealkylation sites (tertiary alicyclic amines) is 2. The Balaban J connectivity index is 1.18. The maximum absolute atomic E-state index is 14.1. The van der Waals surface area contributed by atoms with Crippen LogP contribution in [0.15, 0.2) is 6.07 Å². The molecule has 4 aliphatic rings. The molecule has 0 aliphatic carbocycles. The molecule has 4 aliphatic heterocycles. The first-order valence-electron chi connectivity index (χ1n) is 16.0. The summed E-state index contributed by atoms with van der Waals surface area (Å²) in [5.41, 5.74) is 0.661. The van der Waals surface area contributed by atoms with Crippen molar-refractivity contribution in [1.82, 2.24) is 24.8 Å². The first kappa shape index (κ1) is 30.8. The van der Waals surface area contributed by atoms with E-state index in [-0.39, 0.29) is 23.8 Å². The van der Waals surface area contributed by atoms with Gasteiger partial charge in [-0.25, -0.2) is 9.78 Å². The predicted octanol–water partition coefficient (Wildman–Crippen LogP) is 4.72. The van der Waals surface area contributed by atoms with Crippen LogP contribution in [0.5, 0.6) is 0 Å². The lowest BCUT2D eigenvalue weighted by Gasteiger charge is -2.44. The van der Waals surface area contributed by atoms with Crippen molar-refractivity contribution in [2.45, 2.75) is 91.2 Å². The van der Waals surface area contributed by atoms with Gasteiger partial charge in [0, 0.05) is 49.8 Å². The molecule has 0 bridgehead atoms. The van der Waals surface area contributed by atoms with E-state index in [1.54, 1.807) is 30.8 Å². The molecule has 6 rings (SSSR count). The molecule has 1 spiro atoms. The van der Waals surface area contributed by atoms with E-state index in [1.807, 2.05) is 24.8 Å². The van der Waals surface area contributed by atoms with E-state index < -0.39 is 17.1 Å². The number of aryl methyl sites for hydroxylation is 2. The van der Waals surface area contributed by atoms with Crippen molar-refractivity contribution in [3.8, 4) is 0 Å². The van der Waals surface area contributed by atoms with Crippen LogP contribution in [0.2, 0.25) is 0 Å². The van der Waals surface area contributed by atoms with E-state index >= 15 is 0 Å². The van der Waals surface area contributed by atoms with Crippen LogP contribution in [-0.2, 0) is 14.3 Å². The van der Waals surface area contributed by atoms with Crippen LogP contribution in [0.4, 0.5) is 9.80 Å². The van der Waals surface area contributed by atoms with Crippen molar-refractivity contribution in [2.75, 3.05) is 44.6 Å². The summed E-state index contributed by atoms with van der Waals surface area (Å²) < 4.78 is 5.49. The van der Waals surface area contributed by atoms with Gasteiger partial charge in [-0.3, -0.25) is 34.6 Å². The van der Waals surface area contributed by atoms with Crippen LogP contribution >= 0.6 is 11.3 Å². The number of thiophene rings is 1. The van der Waals surface area contributed by atoms with Gasteiger partial charge in [0.25, 0.3) is 17.7 Å². The van der Waals surface area contributed by atoms with Crippen LogP contribution in [0.3, 0.4) is 0 Å². The molecule has 0 radical (unpaired) electrons. The van der Waals surface area contributed by atoms with E-state index in [0.29, 0.717) is 54.5 Å². The largest absolute Gasteiger partial charge is 0.444 e. The van der Waals surface area contributed by atoms with E-state index in [2.05, 4.69) is 10.2 Å². The number of amides is 4. The number of carbonyl (C=O) groups is 4. The number of carbonyl (C=O) groups excluding carboxylic acids is 4. The number of fused-ring (bicyclic) bond motifs is 2. The molecule has 238 valence electrons. The Morgan fingerprint density at radius 2 is 1.64 bits per heavy atom. The van der Waals surface area contributed by atoms with Crippen molar-refractivity contribution in [3.05, 3.63) is 22.9 Å². The molecule has 11 nitrogen and oxygen atoms in total. The lowest BCUT2D eigenvalue weighted by atomic mass is 9.78. The number of rotatable bonds is 3. The highest BCUT2D eigenvalue weighted by Gasteiger charge is 2.60. The van der Waals surface area contributed by atoms with Gasteiger partial charge in [0.15, 0.2) is 0 Å². The first-order chi connectivity index (χ1) is 20.9. The van der Waals surface area contributed by atoms with E-state index in [9.17, 15) is 19.2 Å². The highest BCUT2D eigenvalue weighted by atomic mass is 32.1. The van der Waals surface area contributed by atoms with Gasteiger partial charge < -0.3 is 9.64 Å². The van der Waals surface area contributed by atoms with Gasteiger partial charge in [-0.15, -0.1) is 0 Å². The fraction of sp³-hybridized carbons (Fsp3) is 0.656. The third-order valence-corrected chi connectivity index (χ3v) is 10.6. The molecule has 2 aromatic rings. The minimum absolute atomic E-state index is 0.0183. The fourth-order valence-electron chi connectivity index (χ4n) is 7.20. The zero-order valence-electron chi connectivity index (χ0n) is 26.5. The summed E-state index contributed by atoms with van der Waals surface area (Å²) in [5, 5.41) is 7.46.